The summed E-state index contributed by atoms with van der Waals surface area (Å²) < 4.78 is 0. The van der Waals surface area contributed by atoms with E-state index < -0.39 is 0 Å². The predicted octanol–water partition coefficient (Wildman–Crippen LogP) is 5.85. The fraction of sp³-hybridized carbons (Fsp3) is 0. The third-order valence-corrected chi connectivity index (χ3v) is 5.00. The van der Waals surface area contributed by atoms with Gasteiger partial charge in [0.1, 0.15) is 0 Å². The molecule has 0 radical (unpaired) electrons. The lowest BCUT2D eigenvalue weighted by atomic mass is 10.1. The Hall–Kier alpha value is -4.25. The summed E-state index contributed by atoms with van der Waals surface area (Å²) in [6.07, 6.45) is 8.94. The van der Waals surface area contributed by atoms with Gasteiger partial charge in [-0.1, -0.05) is 30.3 Å². The van der Waals surface area contributed by atoms with Gasteiger partial charge in [0.25, 0.3) is 5.91 Å². The van der Waals surface area contributed by atoms with Crippen molar-refractivity contribution in [2.75, 3.05) is 10.2 Å². The highest BCUT2D eigenvalue weighted by Crippen LogP contribution is 2.41. The van der Waals surface area contributed by atoms with E-state index in [1.165, 1.54) is 0 Å². The Labute approximate surface area is 174 Å². The highest BCUT2D eigenvalue weighted by atomic mass is 16.1. The lowest BCUT2D eigenvalue weighted by Gasteiger charge is -2.23. The number of anilines is 3. The molecule has 1 aliphatic heterocycles. The van der Waals surface area contributed by atoms with Gasteiger partial charge in [0.15, 0.2) is 0 Å². The molecule has 144 valence electrons. The first kappa shape index (κ1) is 17.8. The van der Waals surface area contributed by atoms with Gasteiger partial charge in [-0.2, -0.15) is 0 Å². The normalized spacial score (nSPS) is 12.5. The molecule has 0 saturated carbocycles. The third-order valence-electron chi connectivity index (χ3n) is 5.00. The van der Waals surface area contributed by atoms with E-state index in [-0.39, 0.29) is 5.91 Å². The minimum Gasteiger partial charge on any atom is -0.322 e. The second kappa shape index (κ2) is 7.64. The summed E-state index contributed by atoms with van der Waals surface area (Å²) in [5.74, 6) is -0.162. The predicted molar refractivity (Wildman–Crippen MR) is 122 cm³/mol. The average Bonchev–Trinajstić information content (AvgIpc) is 3.03. The molecule has 1 amide bonds. The Bertz CT molecular complexity index is 1280. The van der Waals surface area contributed by atoms with E-state index in [0.717, 1.165) is 33.5 Å². The van der Waals surface area contributed by atoms with Crippen LogP contribution in [0.25, 0.3) is 10.8 Å². The molecule has 1 aliphatic rings. The SMILES string of the molecule is O=C(Nc1ccc(N2C=CC=Nc3ccc4ccccc4c32)cc1)c1ccncc1. The number of amides is 1. The quantitative estimate of drug-likeness (QED) is 0.477. The van der Waals surface area contributed by atoms with Crippen LogP contribution in [0.3, 0.4) is 0 Å². The lowest BCUT2D eigenvalue weighted by molar-refractivity contribution is 0.102. The van der Waals surface area contributed by atoms with Gasteiger partial charge in [0.05, 0.1) is 11.4 Å². The second-order valence-electron chi connectivity index (χ2n) is 6.88. The number of carbonyl (C=O) groups excluding carboxylic acids is 1. The first-order valence-electron chi connectivity index (χ1n) is 9.63. The first-order chi connectivity index (χ1) is 14.8. The molecule has 3 aromatic carbocycles. The van der Waals surface area contributed by atoms with Crippen LogP contribution in [0.5, 0.6) is 0 Å². The van der Waals surface area contributed by atoms with Crippen molar-refractivity contribution < 1.29 is 4.79 Å². The molecule has 5 heteroatoms. The number of aromatic nitrogens is 1. The van der Waals surface area contributed by atoms with E-state index in [9.17, 15) is 4.79 Å². The maximum atomic E-state index is 12.4. The number of hydrogen-bond acceptors (Lipinski definition) is 4. The number of nitrogens with one attached hydrogen (secondary N) is 1. The van der Waals surface area contributed by atoms with Crippen molar-refractivity contribution in [1.29, 1.82) is 0 Å². The second-order valence-corrected chi connectivity index (χ2v) is 6.88. The van der Waals surface area contributed by atoms with Crippen molar-refractivity contribution in [1.82, 2.24) is 4.98 Å². The fourth-order valence-electron chi connectivity index (χ4n) is 3.55. The molecule has 1 N–H and O–H groups in total. The van der Waals surface area contributed by atoms with Crippen LogP contribution in [0.2, 0.25) is 0 Å². The molecule has 0 fully saturated rings. The van der Waals surface area contributed by atoms with Crippen molar-refractivity contribution >= 4 is 45.6 Å². The van der Waals surface area contributed by atoms with Crippen molar-refractivity contribution in [3.8, 4) is 0 Å². The number of allylic oxidation sites excluding steroid dienone is 1. The van der Waals surface area contributed by atoms with Gasteiger partial charge in [-0.15, -0.1) is 0 Å². The van der Waals surface area contributed by atoms with Crippen molar-refractivity contribution in [2.24, 2.45) is 4.99 Å². The Kier molecular flexibility index (Phi) is 4.54. The zero-order valence-corrected chi connectivity index (χ0v) is 16.1. The summed E-state index contributed by atoms with van der Waals surface area (Å²) in [6, 6.07) is 23.6. The van der Waals surface area contributed by atoms with E-state index in [1.807, 2.05) is 54.7 Å². The Morgan fingerprint density at radius 1 is 0.867 bits per heavy atom. The average molecular weight is 390 g/mol. The monoisotopic (exact) mass is 390 g/mol. The number of pyridine rings is 1. The maximum absolute atomic E-state index is 12.4. The molecule has 0 atom stereocenters. The van der Waals surface area contributed by atoms with Crippen LogP contribution in [-0.2, 0) is 0 Å². The first-order valence-corrected chi connectivity index (χ1v) is 9.63. The molecule has 0 aliphatic carbocycles. The Balaban J connectivity index is 1.48. The van der Waals surface area contributed by atoms with Crippen LogP contribution >= 0.6 is 0 Å². The van der Waals surface area contributed by atoms with Crippen LogP contribution in [0.15, 0.2) is 102 Å². The van der Waals surface area contributed by atoms with Crippen LogP contribution in [0.1, 0.15) is 10.4 Å². The highest BCUT2D eigenvalue weighted by Gasteiger charge is 2.16. The summed E-state index contributed by atoms with van der Waals surface area (Å²) in [7, 11) is 0. The van der Waals surface area contributed by atoms with Crippen LogP contribution in [-0.4, -0.2) is 17.1 Å². The largest absolute Gasteiger partial charge is 0.322 e. The van der Waals surface area contributed by atoms with Crippen LogP contribution in [0.4, 0.5) is 22.7 Å². The number of nitrogens with zero attached hydrogens (tertiary/aromatic N) is 3. The number of rotatable bonds is 3. The van der Waals surface area contributed by atoms with Crippen LogP contribution < -0.4 is 10.2 Å². The van der Waals surface area contributed by atoms with E-state index in [2.05, 4.69) is 38.4 Å². The maximum Gasteiger partial charge on any atom is 0.255 e. The van der Waals surface area contributed by atoms with Gasteiger partial charge in [-0.05, 0) is 53.9 Å². The minimum atomic E-state index is -0.162. The van der Waals surface area contributed by atoms with E-state index in [0.29, 0.717) is 5.56 Å². The molecule has 30 heavy (non-hydrogen) atoms. The molecular formula is C25H18N4O. The molecule has 0 unspecified atom stereocenters. The molecular weight excluding hydrogens is 372 g/mol. The fourth-order valence-corrected chi connectivity index (χ4v) is 3.55. The lowest BCUT2D eigenvalue weighted by Crippen LogP contribution is -2.12. The summed E-state index contributed by atoms with van der Waals surface area (Å²) >= 11 is 0. The number of carbonyl (C=O) groups is 1. The van der Waals surface area contributed by atoms with Gasteiger partial charge >= 0.3 is 0 Å². The van der Waals surface area contributed by atoms with Gasteiger partial charge in [0, 0.05) is 47.1 Å². The topological polar surface area (TPSA) is 57.6 Å². The molecule has 4 aromatic rings. The smallest absolute Gasteiger partial charge is 0.255 e. The van der Waals surface area contributed by atoms with Crippen molar-refractivity contribution in [2.45, 2.75) is 0 Å². The zero-order valence-electron chi connectivity index (χ0n) is 16.1. The summed E-state index contributed by atoms with van der Waals surface area (Å²) in [6.45, 7) is 0. The van der Waals surface area contributed by atoms with E-state index >= 15 is 0 Å². The minimum absolute atomic E-state index is 0.162. The highest BCUT2D eigenvalue weighted by molar-refractivity contribution is 6.05. The van der Waals surface area contributed by atoms with E-state index in [1.54, 1.807) is 30.7 Å². The van der Waals surface area contributed by atoms with Crippen molar-refractivity contribution in [3.05, 3.63) is 103 Å². The number of benzene rings is 3. The summed E-state index contributed by atoms with van der Waals surface area (Å²) in [5, 5.41) is 5.21. The number of aliphatic imine (C=N–C) groups is 1. The Morgan fingerprint density at radius 3 is 2.50 bits per heavy atom. The molecule has 0 bridgehead atoms. The van der Waals surface area contributed by atoms with Gasteiger partial charge in [-0.25, -0.2) is 0 Å². The standard InChI is InChI=1S/C25H18N4O/c30-25(19-12-15-26-16-13-19)28-20-7-9-21(10-8-20)29-17-3-14-27-23-11-6-18-4-1-2-5-22(18)24(23)29/h1-17H,(H,28,30). The summed E-state index contributed by atoms with van der Waals surface area (Å²) in [4.78, 5) is 23.0. The summed E-state index contributed by atoms with van der Waals surface area (Å²) in [5.41, 5.74) is 4.23. The molecule has 1 aromatic heterocycles. The molecule has 0 spiro atoms. The molecule has 0 saturated heterocycles. The number of fused-ring (bicyclic) bond motifs is 3. The molecule has 5 nitrogen and oxygen atoms in total. The Morgan fingerprint density at radius 2 is 1.67 bits per heavy atom. The van der Waals surface area contributed by atoms with E-state index in [4.69, 9.17) is 0 Å². The number of hydrogen-bond donors (Lipinski definition) is 1. The van der Waals surface area contributed by atoms with Gasteiger partial charge in [0.2, 0.25) is 0 Å². The van der Waals surface area contributed by atoms with Gasteiger partial charge < -0.3 is 10.2 Å². The third kappa shape index (κ3) is 3.33. The van der Waals surface area contributed by atoms with Crippen LogP contribution in [0, 0.1) is 0 Å². The van der Waals surface area contributed by atoms with Crippen molar-refractivity contribution in [3.63, 3.8) is 0 Å². The molecule has 2 heterocycles. The van der Waals surface area contributed by atoms with Gasteiger partial charge in [-0.3, -0.25) is 14.8 Å². The molecule has 5 rings (SSSR count). The zero-order chi connectivity index (χ0) is 20.3.